The standard InChI is InChI=1S/C15H22N2S/c1-10-5-7-14(8-6-10)13(4)17-15-16-11(2)9-12(3)18-15/h5-8,11-13H,9H2,1-4H3,(H,16,17). The van der Waals surface area contributed by atoms with Crippen molar-refractivity contribution in [1.29, 1.82) is 0 Å². The molecule has 1 aromatic rings. The number of rotatable bonds is 2. The summed E-state index contributed by atoms with van der Waals surface area (Å²) in [5.41, 5.74) is 2.62. The molecule has 2 rings (SSSR count). The number of hydrogen-bond acceptors (Lipinski definition) is 3. The maximum Gasteiger partial charge on any atom is 0.157 e. The lowest BCUT2D eigenvalue weighted by Crippen LogP contribution is -2.30. The lowest BCUT2D eigenvalue weighted by atomic mass is 10.1. The van der Waals surface area contributed by atoms with Gasteiger partial charge < -0.3 is 5.32 Å². The van der Waals surface area contributed by atoms with E-state index < -0.39 is 0 Å². The van der Waals surface area contributed by atoms with Crippen LogP contribution in [-0.2, 0) is 0 Å². The molecule has 0 amide bonds. The van der Waals surface area contributed by atoms with Gasteiger partial charge in [0.2, 0.25) is 0 Å². The van der Waals surface area contributed by atoms with Gasteiger partial charge in [0.15, 0.2) is 5.17 Å². The minimum Gasteiger partial charge on any atom is -0.358 e. The summed E-state index contributed by atoms with van der Waals surface area (Å²) in [6, 6.07) is 9.45. The van der Waals surface area contributed by atoms with Crippen LogP contribution in [0.5, 0.6) is 0 Å². The van der Waals surface area contributed by atoms with Crippen molar-refractivity contribution in [2.75, 3.05) is 0 Å². The van der Waals surface area contributed by atoms with Crippen LogP contribution in [0, 0.1) is 6.92 Å². The zero-order valence-electron chi connectivity index (χ0n) is 11.6. The Hall–Kier alpha value is -0.960. The van der Waals surface area contributed by atoms with Crippen molar-refractivity contribution >= 4 is 16.9 Å². The monoisotopic (exact) mass is 262 g/mol. The summed E-state index contributed by atoms with van der Waals surface area (Å²) in [6.45, 7) is 8.77. The third-order valence-corrected chi connectivity index (χ3v) is 4.28. The van der Waals surface area contributed by atoms with Gasteiger partial charge in [0, 0.05) is 5.25 Å². The smallest absolute Gasteiger partial charge is 0.157 e. The van der Waals surface area contributed by atoms with Crippen LogP contribution >= 0.6 is 11.8 Å². The highest BCUT2D eigenvalue weighted by molar-refractivity contribution is 8.14. The Morgan fingerprint density at radius 2 is 1.94 bits per heavy atom. The number of hydrogen-bond donors (Lipinski definition) is 1. The molecule has 18 heavy (non-hydrogen) atoms. The first kappa shape index (κ1) is 13.5. The fourth-order valence-corrected chi connectivity index (χ4v) is 3.44. The molecule has 0 radical (unpaired) electrons. The quantitative estimate of drug-likeness (QED) is 0.873. The van der Waals surface area contributed by atoms with Crippen LogP contribution in [0.4, 0.5) is 0 Å². The van der Waals surface area contributed by atoms with E-state index in [2.05, 4.69) is 62.3 Å². The van der Waals surface area contributed by atoms with Crippen LogP contribution in [-0.4, -0.2) is 16.5 Å². The first-order valence-corrected chi connectivity index (χ1v) is 7.50. The van der Waals surface area contributed by atoms with Gasteiger partial charge in [-0.3, -0.25) is 4.99 Å². The van der Waals surface area contributed by atoms with Gasteiger partial charge in [-0.25, -0.2) is 0 Å². The van der Waals surface area contributed by atoms with Crippen molar-refractivity contribution < 1.29 is 0 Å². The highest BCUT2D eigenvalue weighted by atomic mass is 32.2. The van der Waals surface area contributed by atoms with Crippen molar-refractivity contribution in [3.63, 3.8) is 0 Å². The van der Waals surface area contributed by atoms with Gasteiger partial charge in [-0.1, -0.05) is 48.5 Å². The number of aliphatic imine (C=N–C) groups is 1. The van der Waals surface area contributed by atoms with Gasteiger partial charge in [-0.05, 0) is 32.8 Å². The Morgan fingerprint density at radius 1 is 1.28 bits per heavy atom. The lowest BCUT2D eigenvalue weighted by Gasteiger charge is -2.25. The SMILES string of the molecule is Cc1ccc(C(C)NC2=NC(C)CC(C)S2)cc1. The molecule has 0 aliphatic carbocycles. The molecule has 1 heterocycles. The Morgan fingerprint density at radius 3 is 2.56 bits per heavy atom. The van der Waals surface area contributed by atoms with Crippen LogP contribution in [0.2, 0.25) is 0 Å². The minimum absolute atomic E-state index is 0.314. The number of nitrogens with zero attached hydrogens (tertiary/aromatic N) is 1. The van der Waals surface area contributed by atoms with Crippen molar-refractivity contribution in [2.24, 2.45) is 4.99 Å². The molecule has 0 saturated carbocycles. The Labute approximate surface area is 114 Å². The largest absolute Gasteiger partial charge is 0.358 e. The topological polar surface area (TPSA) is 24.4 Å². The second kappa shape index (κ2) is 5.79. The molecule has 0 bridgehead atoms. The van der Waals surface area contributed by atoms with Gasteiger partial charge in [-0.15, -0.1) is 0 Å². The van der Waals surface area contributed by atoms with E-state index >= 15 is 0 Å². The molecule has 1 aliphatic heterocycles. The third kappa shape index (κ3) is 3.52. The molecule has 1 aliphatic rings. The maximum absolute atomic E-state index is 4.68. The van der Waals surface area contributed by atoms with E-state index in [0.29, 0.717) is 17.3 Å². The molecular weight excluding hydrogens is 240 g/mol. The third-order valence-electron chi connectivity index (χ3n) is 3.24. The van der Waals surface area contributed by atoms with E-state index in [9.17, 15) is 0 Å². The van der Waals surface area contributed by atoms with Crippen molar-refractivity contribution in [3.05, 3.63) is 35.4 Å². The number of thioether (sulfide) groups is 1. The van der Waals surface area contributed by atoms with Crippen LogP contribution in [0.15, 0.2) is 29.3 Å². The number of amidine groups is 1. The highest BCUT2D eigenvalue weighted by Gasteiger charge is 2.19. The summed E-state index contributed by atoms with van der Waals surface area (Å²) in [7, 11) is 0. The van der Waals surface area contributed by atoms with Crippen molar-refractivity contribution in [3.8, 4) is 0 Å². The fraction of sp³-hybridized carbons (Fsp3) is 0.533. The van der Waals surface area contributed by atoms with Crippen LogP contribution in [0.1, 0.15) is 44.4 Å². The van der Waals surface area contributed by atoms with Gasteiger partial charge >= 0.3 is 0 Å². The Kier molecular flexibility index (Phi) is 4.33. The fourth-order valence-electron chi connectivity index (χ4n) is 2.20. The normalized spacial score (nSPS) is 25.4. The number of benzene rings is 1. The second-order valence-corrected chi connectivity index (χ2v) is 6.65. The summed E-state index contributed by atoms with van der Waals surface area (Å²) in [5.74, 6) is 0. The zero-order valence-corrected chi connectivity index (χ0v) is 12.4. The predicted molar refractivity (Wildman–Crippen MR) is 81.3 cm³/mol. The molecule has 0 saturated heterocycles. The zero-order chi connectivity index (χ0) is 13.1. The van der Waals surface area contributed by atoms with Crippen LogP contribution < -0.4 is 5.32 Å². The summed E-state index contributed by atoms with van der Waals surface area (Å²) in [5, 5.41) is 5.28. The molecule has 0 fully saturated rings. The molecule has 0 spiro atoms. The first-order valence-electron chi connectivity index (χ1n) is 6.62. The highest BCUT2D eigenvalue weighted by Crippen LogP contribution is 2.25. The average Bonchev–Trinajstić information content (AvgIpc) is 2.28. The molecule has 0 aromatic heterocycles. The predicted octanol–water partition coefficient (Wildman–Crippen LogP) is 3.92. The minimum atomic E-state index is 0.314. The molecule has 3 heteroatoms. The van der Waals surface area contributed by atoms with E-state index in [4.69, 9.17) is 0 Å². The van der Waals surface area contributed by atoms with E-state index in [1.54, 1.807) is 0 Å². The summed E-state index contributed by atoms with van der Waals surface area (Å²) < 4.78 is 0. The van der Waals surface area contributed by atoms with E-state index in [1.807, 2.05) is 11.8 Å². The Balaban J connectivity index is 2.03. The van der Waals surface area contributed by atoms with Gasteiger partial charge in [0.25, 0.3) is 0 Å². The van der Waals surface area contributed by atoms with Crippen LogP contribution in [0.25, 0.3) is 0 Å². The maximum atomic E-state index is 4.68. The van der Waals surface area contributed by atoms with Crippen molar-refractivity contribution in [1.82, 2.24) is 5.32 Å². The first-order chi connectivity index (χ1) is 8.54. The van der Waals surface area contributed by atoms with Gasteiger partial charge in [0.05, 0.1) is 12.1 Å². The number of aryl methyl sites for hydroxylation is 1. The summed E-state index contributed by atoms with van der Waals surface area (Å²) in [6.07, 6.45) is 1.18. The molecule has 98 valence electrons. The van der Waals surface area contributed by atoms with Crippen LogP contribution in [0.3, 0.4) is 0 Å². The molecule has 1 N–H and O–H groups in total. The van der Waals surface area contributed by atoms with E-state index in [0.717, 1.165) is 5.17 Å². The van der Waals surface area contributed by atoms with E-state index in [1.165, 1.54) is 17.5 Å². The Bertz CT molecular complexity index is 425. The number of nitrogens with one attached hydrogen (secondary N) is 1. The molecule has 2 nitrogen and oxygen atoms in total. The molecular formula is C15H22N2S. The van der Waals surface area contributed by atoms with Gasteiger partial charge in [-0.2, -0.15) is 0 Å². The average molecular weight is 262 g/mol. The molecule has 1 aromatic carbocycles. The summed E-state index contributed by atoms with van der Waals surface area (Å²) in [4.78, 5) is 4.68. The summed E-state index contributed by atoms with van der Waals surface area (Å²) >= 11 is 1.86. The lowest BCUT2D eigenvalue weighted by molar-refractivity contribution is 0.643. The molecule has 3 unspecified atom stereocenters. The van der Waals surface area contributed by atoms with Gasteiger partial charge in [0.1, 0.15) is 0 Å². The molecule has 3 atom stereocenters. The van der Waals surface area contributed by atoms with Crippen molar-refractivity contribution in [2.45, 2.75) is 51.4 Å². The van der Waals surface area contributed by atoms with E-state index in [-0.39, 0.29) is 0 Å². The second-order valence-electron chi connectivity index (χ2n) is 5.22.